The highest BCUT2D eigenvalue weighted by atomic mass is 16.5. The molecule has 116 valence electrons. The molecule has 2 aromatic heterocycles. The van der Waals surface area contributed by atoms with Crippen molar-refractivity contribution in [3.8, 4) is 5.88 Å². The van der Waals surface area contributed by atoms with Gasteiger partial charge in [-0.1, -0.05) is 5.21 Å². The van der Waals surface area contributed by atoms with Crippen LogP contribution in [0.25, 0.3) is 0 Å². The number of pyridine rings is 1. The predicted molar refractivity (Wildman–Crippen MR) is 74.2 cm³/mol. The summed E-state index contributed by atoms with van der Waals surface area (Å²) < 4.78 is 6.47. The highest BCUT2D eigenvalue weighted by Crippen LogP contribution is 2.14. The summed E-state index contributed by atoms with van der Waals surface area (Å²) in [6.07, 6.45) is 3.00. The molecular formula is C13H15N5O4. The monoisotopic (exact) mass is 305 g/mol. The van der Waals surface area contributed by atoms with E-state index < -0.39 is 5.97 Å². The van der Waals surface area contributed by atoms with E-state index in [1.54, 1.807) is 25.3 Å². The quantitative estimate of drug-likeness (QED) is 0.743. The average Bonchev–Trinajstić information content (AvgIpc) is 2.92. The minimum absolute atomic E-state index is 0.124. The first-order valence-electron chi connectivity index (χ1n) is 6.57. The van der Waals surface area contributed by atoms with Gasteiger partial charge in [-0.25, -0.2) is 9.67 Å². The molecule has 0 saturated heterocycles. The van der Waals surface area contributed by atoms with Gasteiger partial charge in [-0.05, 0) is 19.1 Å². The normalized spacial score (nSPS) is 10.2. The van der Waals surface area contributed by atoms with Crippen molar-refractivity contribution < 1.29 is 19.4 Å². The Kier molecular flexibility index (Phi) is 5.02. The van der Waals surface area contributed by atoms with Crippen LogP contribution in [-0.2, 0) is 17.9 Å². The molecule has 2 heterocycles. The van der Waals surface area contributed by atoms with E-state index >= 15 is 0 Å². The number of carboxylic acid groups (broad SMARTS) is 1. The van der Waals surface area contributed by atoms with Crippen LogP contribution in [0.3, 0.4) is 0 Å². The molecule has 0 aliphatic rings. The van der Waals surface area contributed by atoms with E-state index in [2.05, 4.69) is 20.6 Å². The molecule has 0 unspecified atom stereocenters. The topological polar surface area (TPSA) is 119 Å². The number of aromatic nitrogens is 4. The third kappa shape index (κ3) is 4.01. The van der Waals surface area contributed by atoms with E-state index in [0.29, 0.717) is 17.9 Å². The number of hydrogen-bond donors (Lipinski definition) is 2. The molecule has 0 fully saturated rings. The number of nitrogens with one attached hydrogen (secondary N) is 1. The number of nitrogens with zero attached hydrogens (tertiary/aromatic N) is 4. The lowest BCUT2D eigenvalue weighted by Gasteiger charge is -2.08. The molecular weight excluding hydrogens is 290 g/mol. The van der Waals surface area contributed by atoms with Gasteiger partial charge in [0.2, 0.25) is 5.88 Å². The fourth-order valence-corrected chi connectivity index (χ4v) is 1.72. The van der Waals surface area contributed by atoms with Crippen LogP contribution in [0.4, 0.5) is 0 Å². The Balaban J connectivity index is 1.98. The first kappa shape index (κ1) is 15.4. The second-order valence-corrected chi connectivity index (χ2v) is 4.27. The largest absolute Gasteiger partial charge is 0.480 e. The van der Waals surface area contributed by atoms with Gasteiger partial charge in [0.05, 0.1) is 19.3 Å². The van der Waals surface area contributed by atoms with Crippen LogP contribution in [0, 0.1) is 0 Å². The zero-order valence-electron chi connectivity index (χ0n) is 11.9. The first-order valence-corrected chi connectivity index (χ1v) is 6.57. The molecule has 9 nitrogen and oxygen atoms in total. The lowest BCUT2D eigenvalue weighted by molar-refractivity contribution is -0.137. The second kappa shape index (κ2) is 7.16. The summed E-state index contributed by atoms with van der Waals surface area (Å²) in [6, 6.07) is 3.25. The van der Waals surface area contributed by atoms with Crippen molar-refractivity contribution in [2.45, 2.75) is 20.0 Å². The summed E-state index contributed by atoms with van der Waals surface area (Å²) in [6.45, 7) is 2.05. The summed E-state index contributed by atoms with van der Waals surface area (Å²) in [5.41, 5.74) is 0.777. The molecule has 2 rings (SSSR count). The molecule has 0 aliphatic heterocycles. The molecule has 0 radical (unpaired) electrons. The van der Waals surface area contributed by atoms with Gasteiger partial charge in [-0.2, -0.15) is 0 Å². The van der Waals surface area contributed by atoms with E-state index in [9.17, 15) is 9.59 Å². The first-order chi connectivity index (χ1) is 10.6. The Morgan fingerprint density at radius 1 is 1.45 bits per heavy atom. The molecule has 0 saturated carbocycles. The zero-order chi connectivity index (χ0) is 15.9. The maximum atomic E-state index is 12.1. The van der Waals surface area contributed by atoms with E-state index in [-0.39, 0.29) is 24.9 Å². The van der Waals surface area contributed by atoms with Gasteiger partial charge in [-0.3, -0.25) is 9.59 Å². The molecule has 0 atom stereocenters. The van der Waals surface area contributed by atoms with Gasteiger partial charge >= 0.3 is 5.97 Å². The van der Waals surface area contributed by atoms with Gasteiger partial charge in [0, 0.05) is 6.20 Å². The standard InChI is InChI=1S/C13H15N5O4/c1-2-22-13-10(4-3-5-14-13)12(21)15-6-9-7-18(17-16-9)8-11(19)20/h3-5,7H,2,6,8H2,1H3,(H,15,21)(H,19,20). The van der Waals surface area contributed by atoms with E-state index in [1.165, 1.54) is 10.9 Å². The SMILES string of the molecule is CCOc1ncccc1C(=O)NCc1cn(CC(=O)O)nn1. The molecule has 1 amide bonds. The number of amides is 1. The number of carboxylic acids is 1. The fourth-order valence-electron chi connectivity index (χ4n) is 1.72. The third-order valence-electron chi connectivity index (χ3n) is 2.61. The molecule has 22 heavy (non-hydrogen) atoms. The molecule has 0 aliphatic carbocycles. The summed E-state index contributed by atoms with van der Waals surface area (Å²) >= 11 is 0. The lowest BCUT2D eigenvalue weighted by atomic mass is 10.2. The number of ether oxygens (including phenoxy) is 1. The minimum atomic E-state index is -1.02. The van der Waals surface area contributed by atoms with Crippen molar-refractivity contribution in [3.05, 3.63) is 35.8 Å². The molecule has 0 aromatic carbocycles. The van der Waals surface area contributed by atoms with Crippen LogP contribution in [0.15, 0.2) is 24.5 Å². The van der Waals surface area contributed by atoms with Crippen molar-refractivity contribution in [1.82, 2.24) is 25.3 Å². The van der Waals surface area contributed by atoms with E-state index in [1.807, 2.05) is 0 Å². The predicted octanol–water partition coefficient (Wildman–Crippen LogP) is 0.0864. The van der Waals surface area contributed by atoms with Crippen molar-refractivity contribution in [3.63, 3.8) is 0 Å². The zero-order valence-corrected chi connectivity index (χ0v) is 11.9. The van der Waals surface area contributed by atoms with Crippen LogP contribution in [0.2, 0.25) is 0 Å². The summed E-state index contributed by atoms with van der Waals surface area (Å²) in [7, 11) is 0. The highest BCUT2D eigenvalue weighted by molar-refractivity contribution is 5.96. The van der Waals surface area contributed by atoms with Crippen molar-refractivity contribution in [1.29, 1.82) is 0 Å². The van der Waals surface area contributed by atoms with E-state index in [0.717, 1.165) is 0 Å². The lowest BCUT2D eigenvalue weighted by Crippen LogP contribution is -2.24. The van der Waals surface area contributed by atoms with Crippen molar-refractivity contribution >= 4 is 11.9 Å². The highest BCUT2D eigenvalue weighted by Gasteiger charge is 2.13. The number of carbonyl (C=O) groups is 2. The van der Waals surface area contributed by atoms with Crippen LogP contribution in [0.5, 0.6) is 5.88 Å². The molecule has 2 N–H and O–H groups in total. The van der Waals surface area contributed by atoms with Crippen LogP contribution in [0.1, 0.15) is 23.0 Å². The molecule has 2 aromatic rings. The van der Waals surface area contributed by atoms with Crippen molar-refractivity contribution in [2.75, 3.05) is 6.61 Å². The number of hydrogen-bond acceptors (Lipinski definition) is 6. The fraction of sp³-hybridized carbons (Fsp3) is 0.308. The Labute approximate surface area is 125 Å². The minimum Gasteiger partial charge on any atom is -0.480 e. The summed E-state index contributed by atoms with van der Waals surface area (Å²) in [4.78, 5) is 26.7. The molecule has 9 heteroatoms. The Hall–Kier alpha value is -2.97. The smallest absolute Gasteiger partial charge is 0.325 e. The maximum absolute atomic E-state index is 12.1. The Bertz CT molecular complexity index is 670. The Morgan fingerprint density at radius 3 is 3.00 bits per heavy atom. The maximum Gasteiger partial charge on any atom is 0.325 e. The number of rotatable bonds is 7. The van der Waals surface area contributed by atoms with Crippen LogP contribution in [-0.4, -0.2) is 43.6 Å². The second-order valence-electron chi connectivity index (χ2n) is 4.27. The van der Waals surface area contributed by atoms with Gasteiger partial charge in [-0.15, -0.1) is 5.10 Å². The average molecular weight is 305 g/mol. The summed E-state index contributed by atoms with van der Waals surface area (Å²) in [5, 5.41) is 18.7. The van der Waals surface area contributed by atoms with Gasteiger partial charge in [0.15, 0.2) is 0 Å². The summed E-state index contributed by atoms with van der Waals surface area (Å²) in [5.74, 6) is -1.11. The van der Waals surface area contributed by atoms with Gasteiger partial charge < -0.3 is 15.2 Å². The van der Waals surface area contributed by atoms with Crippen LogP contribution >= 0.6 is 0 Å². The van der Waals surface area contributed by atoms with E-state index in [4.69, 9.17) is 9.84 Å². The molecule has 0 spiro atoms. The Morgan fingerprint density at radius 2 is 2.27 bits per heavy atom. The van der Waals surface area contributed by atoms with Crippen molar-refractivity contribution in [2.24, 2.45) is 0 Å². The number of carbonyl (C=O) groups excluding carboxylic acids is 1. The van der Waals surface area contributed by atoms with Gasteiger partial charge in [0.25, 0.3) is 5.91 Å². The molecule has 0 bridgehead atoms. The third-order valence-corrected chi connectivity index (χ3v) is 2.61. The van der Waals surface area contributed by atoms with Gasteiger partial charge in [0.1, 0.15) is 17.8 Å². The number of aliphatic carboxylic acids is 1. The van der Waals surface area contributed by atoms with Crippen LogP contribution < -0.4 is 10.1 Å².